The lowest BCUT2D eigenvalue weighted by atomic mass is 10.1. The molecule has 1 N–H and O–H groups in total. The molecule has 0 fully saturated rings. The second kappa shape index (κ2) is 5.15. The maximum absolute atomic E-state index is 12.0. The van der Waals surface area contributed by atoms with Gasteiger partial charge in [0.1, 0.15) is 5.69 Å². The van der Waals surface area contributed by atoms with Gasteiger partial charge in [-0.05, 0) is 18.4 Å². The monoisotopic (exact) mass is 248 g/mol. The van der Waals surface area contributed by atoms with Gasteiger partial charge in [0.15, 0.2) is 0 Å². The molecule has 0 saturated heterocycles. The van der Waals surface area contributed by atoms with Crippen LogP contribution in [0.15, 0.2) is 36.5 Å². The number of nitrogens with one attached hydrogen (secondary N) is 1. The van der Waals surface area contributed by atoms with Crippen molar-refractivity contribution in [1.29, 1.82) is 0 Å². The summed E-state index contributed by atoms with van der Waals surface area (Å²) in [5.41, 5.74) is 0.445. The molecule has 0 bridgehead atoms. The minimum Gasteiger partial charge on any atom is -0.347 e. The number of rotatable bonds is 3. The third kappa shape index (κ3) is 2.56. The van der Waals surface area contributed by atoms with Crippen LogP contribution in [0, 0.1) is 0 Å². The van der Waals surface area contributed by atoms with Gasteiger partial charge in [0.2, 0.25) is 0 Å². The predicted octanol–water partition coefficient (Wildman–Crippen LogP) is 2.59. The Morgan fingerprint density at radius 3 is 2.94 bits per heavy atom. The third-order valence-electron chi connectivity index (χ3n) is 2.50. The van der Waals surface area contributed by atoms with Gasteiger partial charge < -0.3 is 5.32 Å². The molecule has 0 spiro atoms. The number of halogens is 1. The van der Waals surface area contributed by atoms with E-state index < -0.39 is 0 Å². The summed E-state index contributed by atoms with van der Waals surface area (Å²) < 4.78 is 0. The number of amides is 1. The largest absolute Gasteiger partial charge is 0.347 e. The number of benzene rings is 1. The van der Waals surface area contributed by atoms with E-state index in [4.69, 9.17) is 11.6 Å². The molecule has 1 aromatic carbocycles. The van der Waals surface area contributed by atoms with Crippen molar-refractivity contribution < 1.29 is 4.79 Å². The molecule has 0 saturated carbocycles. The summed E-state index contributed by atoms with van der Waals surface area (Å²) in [6.07, 6.45) is 1.64. The molecule has 0 aliphatic carbocycles. The van der Waals surface area contributed by atoms with E-state index in [9.17, 15) is 4.79 Å². The van der Waals surface area contributed by atoms with Gasteiger partial charge in [-0.2, -0.15) is 0 Å². The SMILES string of the molecule is CC(CCl)NC(=O)c1nccc2ccccc12. The van der Waals surface area contributed by atoms with Crippen molar-refractivity contribution in [2.24, 2.45) is 0 Å². The highest BCUT2D eigenvalue weighted by Crippen LogP contribution is 2.16. The molecule has 2 aromatic rings. The van der Waals surface area contributed by atoms with Gasteiger partial charge in [0.25, 0.3) is 5.91 Å². The van der Waals surface area contributed by atoms with Crippen molar-refractivity contribution in [2.75, 3.05) is 5.88 Å². The molecule has 1 atom stereocenters. The Hall–Kier alpha value is -1.61. The van der Waals surface area contributed by atoms with Crippen LogP contribution in [0.3, 0.4) is 0 Å². The van der Waals surface area contributed by atoms with E-state index in [2.05, 4.69) is 10.3 Å². The smallest absolute Gasteiger partial charge is 0.270 e. The molecule has 4 heteroatoms. The van der Waals surface area contributed by atoms with E-state index in [1.807, 2.05) is 37.3 Å². The van der Waals surface area contributed by atoms with Crippen molar-refractivity contribution in [3.05, 3.63) is 42.2 Å². The van der Waals surface area contributed by atoms with Crippen molar-refractivity contribution in [3.8, 4) is 0 Å². The molecular formula is C13H13ClN2O. The van der Waals surface area contributed by atoms with Crippen LogP contribution in [0.2, 0.25) is 0 Å². The minimum absolute atomic E-state index is 0.0649. The topological polar surface area (TPSA) is 42.0 Å². The fourth-order valence-electron chi connectivity index (χ4n) is 1.63. The number of nitrogens with zero attached hydrogens (tertiary/aromatic N) is 1. The number of fused-ring (bicyclic) bond motifs is 1. The molecule has 1 aromatic heterocycles. The van der Waals surface area contributed by atoms with Crippen LogP contribution < -0.4 is 5.32 Å². The summed E-state index contributed by atoms with van der Waals surface area (Å²) in [7, 11) is 0. The quantitative estimate of drug-likeness (QED) is 0.849. The lowest BCUT2D eigenvalue weighted by Gasteiger charge is -2.11. The molecule has 3 nitrogen and oxygen atoms in total. The zero-order chi connectivity index (χ0) is 12.3. The van der Waals surface area contributed by atoms with Gasteiger partial charge >= 0.3 is 0 Å². The Labute approximate surface area is 105 Å². The standard InChI is InChI=1S/C13H13ClN2O/c1-9(8-14)16-13(17)12-11-5-3-2-4-10(11)6-7-15-12/h2-7,9H,8H2,1H3,(H,16,17). The van der Waals surface area contributed by atoms with Crippen LogP contribution in [0.5, 0.6) is 0 Å². The first-order valence-corrected chi connectivity index (χ1v) is 5.96. The predicted molar refractivity (Wildman–Crippen MR) is 69.4 cm³/mol. The first kappa shape index (κ1) is 11.9. The van der Waals surface area contributed by atoms with Crippen molar-refractivity contribution >= 4 is 28.3 Å². The number of hydrogen-bond acceptors (Lipinski definition) is 2. The lowest BCUT2D eigenvalue weighted by Crippen LogP contribution is -2.34. The van der Waals surface area contributed by atoms with E-state index in [-0.39, 0.29) is 11.9 Å². The Balaban J connectivity index is 2.38. The van der Waals surface area contributed by atoms with E-state index in [0.717, 1.165) is 10.8 Å². The van der Waals surface area contributed by atoms with E-state index >= 15 is 0 Å². The summed E-state index contributed by atoms with van der Waals surface area (Å²) >= 11 is 5.67. The molecule has 1 amide bonds. The molecule has 0 radical (unpaired) electrons. The zero-order valence-corrected chi connectivity index (χ0v) is 10.2. The number of aromatic nitrogens is 1. The maximum Gasteiger partial charge on any atom is 0.270 e. The summed E-state index contributed by atoms with van der Waals surface area (Å²) in [5, 5.41) is 4.67. The highest BCUT2D eigenvalue weighted by Gasteiger charge is 2.13. The minimum atomic E-state index is -0.185. The molecular weight excluding hydrogens is 236 g/mol. The van der Waals surface area contributed by atoms with Crippen LogP contribution in [0.4, 0.5) is 0 Å². The van der Waals surface area contributed by atoms with Crippen LogP contribution in [0.25, 0.3) is 10.8 Å². The third-order valence-corrected chi connectivity index (χ3v) is 2.96. The van der Waals surface area contributed by atoms with Crippen LogP contribution in [0.1, 0.15) is 17.4 Å². The van der Waals surface area contributed by atoms with Crippen LogP contribution >= 0.6 is 11.6 Å². The summed E-state index contributed by atoms with van der Waals surface area (Å²) in [6.45, 7) is 1.86. The number of hydrogen-bond donors (Lipinski definition) is 1. The lowest BCUT2D eigenvalue weighted by molar-refractivity contribution is 0.0940. The highest BCUT2D eigenvalue weighted by atomic mass is 35.5. The molecule has 0 aliphatic rings. The number of pyridine rings is 1. The van der Waals surface area contributed by atoms with Crippen molar-refractivity contribution in [1.82, 2.24) is 10.3 Å². The number of carbonyl (C=O) groups excluding carboxylic acids is 1. The fraction of sp³-hybridized carbons (Fsp3) is 0.231. The summed E-state index contributed by atoms with van der Waals surface area (Å²) in [4.78, 5) is 16.1. The van der Waals surface area contributed by atoms with Crippen LogP contribution in [-0.2, 0) is 0 Å². The van der Waals surface area contributed by atoms with Crippen molar-refractivity contribution in [2.45, 2.75) is 13.0 Å². The van der Waals surface area contributed by atoms with Gasteiger partial charge in [0, 0.05) is 23.5 Å². The number of carbonyl (C=O) groups is 1. The zero-order valence-electron chi connectivity index (χ0n) is 9.48. The van der Waals surface area contributed by atoms with E-state index in [0.29, 0.717) is 11.6 Å². The average molecular weight is 249 g/mol. The molecule has 2 rings (SSSR count). The van der Waals surface area contributed by atoms with Gasteiger partial charge in [-0.1, -0.05) is 24.3 Å². The van der Waals surface area contributed by atoms with E-state index in [1.54, 1.807) is 6.20 Å². The Bertz CT molecular complexity index is 536. The van der Waals surface area contributed by atoms with Gasteiger partial charge in [-0.25, -0.2) is 0 Å². The normalized spacial score (nSPS) is 12.4. The highest BCUT2D eigenvalue weighted by molar-refractivity contribution is 6.18. The Morgan fingerprint density at radius 2 is 2.18 bits per heavy atom. The van der Waals surface area contributed by atoms with Gasteiger partial charge in [-0.3, -0.25) is 9.78 Å². The second-order valence-corrected chi connectivity index (χ2v) is 4.22. The molecule has 1 heterocycles. The van der Waals surface area contributed by atoms with Crippen LogP contribution in [-0.4, -0.2) is 22.8 Å². The second-order valence-electron chi connectivity index (χ2n) is 3.91. The van der Waals surface area contributed by atoms with Gasteiger partial charge in [0.05, 0.1) is 0 Å². The first-order chi connectivity index (χ1) is 8.22. The molecule has 0 aliphatic heterocycles. The summed E-state index contributed by atoms with van der Waals surface area (Å²) in [5.74, 6) is 0.200. The van der Waals surface area contributed by atoms with Crippen molar-refractivity contribution in [3.63, 3.8) is 0 Å². The molecule has 88 valence electrons. The average Bonchev–Trinajstić information content (AvgIpc) is 2.37. The summed E-state index contributed by atoms with van der Waals surface area (Å²) in [6, 6.07) is 9.50. The van der Waals surface area contributed by atoms with E-state index in [1.165, 1.54) is 0 Å². The maximum atomic E-state index is 12.0. The fourth-order valence-corrected chi connectivity index (χ4v) is 1.71. The Kier molecular flexibility index (Phi) is 3.59. The number of alkyl halides is 1. The molecule has 1 unspecified atom stereocenters. The first-order valence-electron chi connectivity index (χ1n) is 5.43. The Morgan fingerprint density at radius 1 is 1.41 bits per heavy atom. The van der Waals surface area contributed by atoms with Gasteiger partial charge in [-0.15, -0.1) is 11.6 Å². The molecule has 17 heavy (non-hydrogen) atoms.